The molecule has 2 aliphatic rings. The van der Waals surface area contributed by atoms with E-state index < -0.39 is 5.54 Å². The Morgan fingerprint density at radius 1 is 1.23 bits per heavy atom. The lowest BCUT2D eigenvalue weighted by Crippen LogP contribution is -2.55. The molecule has 0 aliphatic carbocycles. The Morgan fingerprint density at radius 3 is 2.81 bits per heavy atom. The average Bonchev–Trinajstić information content (AvgIpc) is 3.50. The molecule has 3 aromatic heterocycles. The fraction of sp³-hybridized carbons (Fsp3) is 0.364. The number of likely N-dealkylation sites (tertiary alicyclic amines) is 1. The molecule has 31 heavy (non-hydrogen) atoms. The molecule has 1 fully saturated rings. The molecule has 0 N–H and O–H groups in total. The Morgan fingerprint density at radius 2 is 2.06 bits per heavy atom. The summed E-state index contributed by atoms with van der Waals surface area (Å²) < 4.78 is 2.10. The molecule has 5 rings (SSSR count). The number of rotatable bonds is 3. The van der Waals surface area contributed by atoms with Crippen LogP contribution in [-0.2, 0) is 10.3 Å². The number of hydrogen-bond acceptors (Lipinski definition) is 6. The summed E-state index contributed by atoms with van der Waals surface area (Å²) in [7, 11) is 3.53. The van der Waals surface area contributed by atoms with Gasteiger partial charge in [-0.15, -0.1) is 11.3 Å². The van der Waals surface area contributed by atoms with E-state index in [1.807, 2.05) is 36.2 Å². The van der Waals surface area contributed by atoms with Gasteiger partial charge in [0.15, 0.2) is 5.82 Å². The van der Waals surface area contributed by atoms with Crippen molar-refractivity contribution in [1.29, 1.82) is 0 Å². The summed E-state index contributed by atoms with van der Waals surface area (Å²) in [4.78, 5) is 41.3. The minimum absolute atomic E-state index is 0.00542. The zero-order valence-electron chi connectivity index (χ0n) is 17.8. The monoisotopic (exact) mass is 436 g/mol. The normalized spacial score (nSPS) is 19.5. The Bertz CT molecular complexity index is 1170. The number of likely N-dealkylation sites (N-methyl/N-ethyl adjacent to an activating group) is 1. The van der Waals surface area contributed by atoms with Gasteiger partial charge in [0.2, 0.25) is 5.91 Å². The minimum atomic E-state index is -0.501. The molecule has 0 saturated carbocycles. The maximum atomic E-state index is 13.3. The SMILES string of the molecule is Cc1ncsc1C(=O)N1CC[C@@]2(C1)c1cccn1-c1ncccc1N2CC(=O)N(C)C. The Kier molecular flexibility index (Phi) is 4.58. The predicted octanol–water partition coefficient (Wildman–Crippen LogP) is 2.29. The number of nitrogens with zero attached hydrogens (tertiary/aromatic N) is 6. The van der Waals surface area contributed by atoms with Crippen molar-refractivity contribution in [2.24, 2.45) is 0 Å². The molecule has 1 spiro atoms. The molecule has 3 aromatic rings. The number of thiazole rings is 1. The average molecular weight is 437 g/mol. The predicted molar refractivity (Wildman–Crippen MR) is 119 cm³/mol. The van der Waals surface area contributed by atoms with Crippen LogP contribution in [0.4, 0.5) is 5.69 Å². The second kappa shape index (κ2) is 7.19. The van der Waals surface area contributed by atoms with Gasteiger partial charge >= 0.3 is 0 Å². The van der Waals surface area contributed by atoms with Crippen molar-refractivity contribution in [2.75, 3.05) is 38.6 Å². The van der Waals surface area contributed by atoms with Crippen LogP contribution in [0.3, 0.4) is 0 Å². The van der Waals surface area contributed by atoms with Gasteiger partial charge in [0, 0.05) is 39.6 Å². The van der Waals surface area contributed by atoms with Crippen LogP contribution in [0.5, 0.6) is 0 Å². The fourth-order valence-corrected chi connectivity index (χ4v) is 5.43. The highest BCUT2D eigenvalue weighted by atomic mass is 32.1. The van der Waals surface area contributed by atoms with Crippen LogP contribution >= 0.6 is 11.3 Å². The van der Waals surface area contributed by atoms with Gasteiger partial charge in [-0.2, -0.15) is 0 Å². The lowest BCUT2D eigenvalue weighted by atomic mass is 9.88. The summed E-state index contributed by atoms with van der Waals surface area (Å²) in [5.41, 5.74) is 3.94. The van der Waals surface area contributed by atoms with E-state index in [1.54, 1.807) is 30.7 Å². The third-order valence-corrected chi connectivity index (χ3v) is 7.21. The van der Waals surface area contributed by atoms with Crippen molar-refractivity contribution in [1.82, 2.24) is 24.3 Å². The van der Waals surface area contributed by atoms with Crippen molar-refractivity contribution in [3.05, 3.63) is 58.4 Å². The summed E-state index contributed by atoms with van der Waals surface area (Å²) in [5, 5.41) is 0. The smallest absolute Gasteiger partial charge is 0.265 e. The number of pyridine rings is 1. The number of hydrogen-bond donors (Lipinski definition) is 0. The van der Waals surface area contributed by atoms with Gasteiger partial charge in [-0.1, -0.05) is 0 Å². The summed E-state index contributed by atoms with van der Waals surface area (Å²) in [6.07, 6.45) is 4.51. The number of fused-ring (bicyclic) bond motifs is 4. The van der Waals surface area contributed by atoms with E-state index in [9.17, 15) is 9.59 Å². The largest absolute Gasteiger partial charge is 0.347 e. The molecule has 1 saturated heterocycles. The molecule has 2 amide bonds. The van der Waals surface area contributed by atoms with Crippen molar-refractivity contribution in [3.8, 4) is 5.82 Å². The number of aromatic nitrogens is 3. The topological polar surface area (TPSA) is 74.6 Å². The lowest BCUT2D eigenvalue weighted by molar-refractivity contribution is -0.127. The van der Waals surface area contributed by atoms with Gasteiger partial charge < -0.3 is 19.3 Å². The summed E-state index contributed by atoms with van der Waals surface area (Å²) in [5.74, 6) is 0.825. The first kappa shape index (κ1) is 19.7. The van der Waals surface area contributed by atoms with Crippen LogP contribution in [-0.4, -0.2) is 69.9 Å². The third-order valence-electron chi connectivity index (χ3n) is 6.29. The third kappa shape index (κ3) is 2.95. The molecule has 9 heteroatoms. The molecule has 160 valence electrons. The number of carbonyl (C=O) groups is 2. The van der Waals surface area contributed by atoms with E-state index in [-0.39, 0.29) is 18.4 Å². The van der Waals surface area contributed by atoms with Gasteiger partial charge in [-0.3, -0.25) is 9.59 Å². The molecule has 0 unspecified atom stereocenters. The zero-order chi connectivity index (χ0) is 21.8. The highest BCUT2D eigenvalue weighted by Gasteiger charge is 2.51. The molecular weight excluding hydrogens is 412 g/mol. The van der Waals surface area contributed by atoms with Crippen molar-refractivity contribution in [3.63, 3.8) is 0 Å². The first-order valence-electron chi connectivity index (χ1n) is 10.2. The Balaban J connectivity index is 1.60. The summed E-state index contributed by atoms with van der Waals surface area (Å²) >= 11 is 1.38. The van der Waals surface area contributed by atoms with Gasteiger partial charge in [0.05, 0.1) is 29.1 Å². The Hall–Kier alpha value is -3.20. The van der Waals surface area contributed by atoms with Gasteiger partial charge in [0.1, 0.15) is 10.4 Å². The van der Waals surface area contributed by atoms with Crippen molar-refractivity contribution in [2.45, 2.75) is 18.9 Å². The van der Waals surface area contributed by atoms with Crippen molar-refractivity contribution < 1.29 is 9.59 Å². The number of aryl methyl sites for hydroxylation is 1. The molecule has 0 radical (unpaired) electrons. The Labute approximate surface area is 184 Å². The van der Waals surface area contributed by atoms with Crippen LogP contribution in [0, 0.1) is 6.92 Å². The van der Waals surface area contributed by atoms with E-state index in [4.69, 9.17) is 0 Å². The molecule has 5 heterocycles. The lowest BCUT2D eigenvalue weighted by Gasteiger charge is -2.46. The first-order chi connectivity index (χ1) is 14.9. The summed E-state index contributed by atoms with van der Waals surface area (Å²) in [6.45, 7) is 3.20. The number of amides is 2. The van der Waals surface area contributed by atoms with E-state index >= 15 is 0 Å². The quantitative estimate of drug-likeness (QED) is 0.630. The van der Waals surface area contributed by atoms with E-state index in [0.29, 0.717) is 18.0 Å². The molecule has 8 nitrogen and oxygen atoms in total. The van der Waals surface area contributed by atoms with Crippen LogP contribution in [0.1, 0.15) is 27.5 Å². The zero-order valence-corrected chi connectivity index (χ0v) is 18.6. The molecule has 2 aliphatic heterocycles. The number of anilines is 1. The maximum absolute atomic E-state index is 13.3. The number of carbonyl (C=O) groups excluding carboxylic acids is 2. The van der Waals surface area contributed by atoms with Crippen LogP contribution in [0.2, 0.25) is 0 Å². The standard InChI is InChI=1S/C22H24N6O2S/c1-15-19(31-14-24-15)21(30)26-11-8-22(13-26)17-7-5-10-27(17)20-16(6-4-9-23-20)28(22)12-18(29)25(2)3/h4-7,9-10,14H,8,11-13H2,1-3H3/t22-/m1/s1. The second-order valence-corrected chi connectivity index (χ2v) is 9.11. The van der Waals surface area contributed by atoms with Gasteiger partial charge in [-0.25, -0.2) is 9.97 Å². The maximum Gasteiger partial charge on any atom is 0.265 e. The van der Waals surface area contributed by atoms with E-state index in [1.165, 1.54) is 11.3 Å². The summed E-state index contributed by atoms with van der Waals surface area (Å²) in [6, 6.07) is 7.99. The van der Waals surface area contributed by atoms with Crippen LogP contribution in [0.15, 0.2) is 42.2 Å². The molecule has 0 aromatic carbocycles. The second-order valence-electron chi connectivity index (χ2n) is 8.26. The van der Waals surface area contributed by atoms with Gasteiger partial charge in [-0.05, 0) is 37.6 Å². The molecule has 1 atom stereocenters. The highest BCUT2D eigenvalue weighted by molar-refractivity contribution is 7.11. The fourth-order valence-electron chi connectivity index (χ4n) is 4.66. The van der Waals surface area contributed by atoms with Crippen LogP contribution < -0.4 is 4.90 Å². The van der Waals surface area contributed by atoms with E-state index in [2.05, 4.69) is 25.5 Å². The first-order valence-corrected chi connectivity index (χ1v) is 11.1. The molecule has 0 bridgehead atoms. The highest BCUT2D eigenvalue weighted by Crippen LogP contribution is 2.47. The van der Waals surface area contributed by atoms with Crippen molar-refractivity contribution >= 4 is 28.8 Å². The van der Waals surface area contributed by atoms with Gasteiger partial charge in [0.25, 0.3) is 5.91 Å². The minimum Gasteiger partial charge on any atom is -0.347 e. The van der Waals surface area contributed by atoms with E-state index in [0.717, 1.165) is 29.3 Å². The van der Waals surface area contributed by atoms with Crippen LogP contribution in [0.25, 0.3) is 5.82 Å². The molecular formula is C22H24N6O2S.